The molecule has 1 amide bonds. The van der Waals surface area contributed by atoms with E-state index in [2.05, 4.69) is 27.4 Å². The Morgan fingerprint density at radius 3 is 3.00 bits per heavy atom. The number of likely N-dealkylation sites (N-methyl/N-ethyl adjacent to an activating group) is 2. The van der Waals surface area contributed by atoms with Crippen molar-refractivity contribution in [3.05, 3.63) is 23.8 Å². The summed E-state index contributed by atoms with van der Waals surface area (Å²) in [6.07, 6.45) is 2.38. The molecule has 1 unspecified atom stereocenters. The molecule has 0 spiro atoms. The van der Waals surface area contributed by atoms with E-state index in [0.717, 1.165) is 30.5 Å². The van der Waals surface area contributed by atoms with Crippen molar-refractivity contribution in [3.8, 4) is 0 Å². The minimum atomic E-state index is 0.0372. The fourth-order valence-electron chi connectivity index (χ4n) is 2.80. The lowest BCUT2D eigenvalue weighted by molar-refractivity contribution is 0.0761. The smallest absolute Gasteiger partial charge is 0.253 e. The van der Waals surface area contributed by atoms with Crippen LogP contribution in [-0.2, 0) is 0 Å². The molecule has 1 aliphatic heterocycles. The van der Waals surface area contributed by atoms with Crippen LogP contribution in [0.2, 0.25) is 0 Å². The van der Waals surface area contributed by atoms with Crippen LogP contribution in [0.25, 0.3) is 11.0 Å². The van der Waals surface area contributed by atoms with E-state index in [9.17, 15) is 4.79 Å². The summed E-state index contributed by atoms with van der Waals surface area (Å²) in [5.74, 6) is 0.0372. The fraction of sp³-hybridized carbons (Fsp3) is 0.500. The summed E-state index contributed by atoms with van der Waals surface area (Å²) in [6.45, 7) is 1.89. The largest absolute Gasteiger partial charge is 0.340 e. The Morgan fingerprint density at radius 2 is 2.25 bits per heavy atom. The molecule has 1 aromatic carbocycles. The Morgan fingerprint density at radius 1 is 1.45 bits per heavy atom. The van der Waals surface area contributed by atoms with E-state index < -0.39 is 0 Å². The lowest BCUT2D eigenvalue weighted by Gasteiger charge is -2.25. The van der Waals surface area contributed by atoms with Crippen molar-refractivity contribution in [2.75, 3.05) is 27.2 Å². The number of benzene rings is 1. The van der Waals surface area contributed by atoms with E-state index >= 15 is 0 Å². The Bertz CT molecular complexity index is 623. The van der Waals surface area contributed by atoms with E-state index in [1.54, 1.807) is 11.0 Å². The molecule has 0 saturated carbocycles. The van der Waals surface area contributed by atoms with Crippen LogP contribution in [0, 0.1) is 0 Å². The number of likely N-dealkylation sites (tertiary alicyclic amines) is 1. The molecule has 0 aliphatic carbocycles. The number of fused-ring (bicyclic) bond motifs is 1. The first kappa shape index (κ1) is 13.1. The highest BCUT2D eigenvalue weighted by atomic mass is 16.2. The molecule has 20 heavy (non-hydrogen) atoms. The second kappa shape index (κ2) is 5.20. The predicted octanol–water partition coefficient (Wildman–Crippen LogP) is 1.12. The molecule has 2 heterocycles. The highest BCUT2D eigenvalue weighted by Crippen LogP contribution is 2.17. The highest BCUT2D eigenvalue weighted by molar-refractivity contribution is 5.97. The van der Waals surface area contributed by atoms with E-state index in [0.29, 0.717) is 11.6 Å². The van der Waals surface area contributed by atoms with Gasteiger partial charge in [-0.2, -0.15) is 15.4 Å². The van der Waals surface area contributed by atoms with Gasteiger partial charge in [-0.1, -0.05) is 0 Å². The molecule has 1 saturated heterocycles. The molecule has 1 aliphatic rings. The molecular weight excluding hydrogens is 254 g/mol. The van der Waals surface area contributed by atoms with Gasteiger partial charge in [0.15, 0.2) is 0 Å². The highest BCUT2D eigenvalue weighted by Gasteiger charge is 2.24. The first-order chi connectivity index (χ1) is 9.65. The maximum Gasteiger partial charge on any atom is 0.253 e. The molecule has 6 nitrogen and oxygen atoms in total. The number of carbonyl (C=O) groups excluding carboxylic acids is 1. The average Bonchev–Trinajstić information content (AvgIpc) is 3.06. The van der Waals surface area contributed by atoms with Crippen LogP contribution in [-0.4, -0.2) is 64.3 Å². The van der Waals surface area contributed by atoms with Crippen molar-refractivity contribution in [2.45, 2.75) is 18.9 Å². The van der Waals surface area contributed by atoms with E-state index in [1.165, 1.54) is 6.42 Å². The molecule has 1 N–H and O–H groups in total. The fourth-order valence-corrected chi connectivity index (χ4v) is 2.80. The van der Waals surface area contributed by atoms with Gasteiger partial charge in [-0.05, 0) is 44.6 Å². The second-order valence-electron chi connectivity index (χ2n) is 5.49. The normalized spacial score (nSPS) is 19.6. The van der Waals surface area contributed by atoms with E-state index in [4.69, 9.17) is 0 Å². The molecule has 0 radical (unpaired) electrons. The Hall–Kier alpha value is -1.95. The molecule has 106 valence electrons. The summed E-state index contributed by atoms with van der Waals surface area (Å²) in [5.41, 5.74) is 2.16. The number of aromatic nitrogens is 3. The van der Waals surface area contributed by atoms with Crippen LogP contribution in [0.15, 0.2) is 18.2 Å². The summed E-state index contributed by atoms with van der Waals surface area (Å²) in [5, 5.41) is 10.6. The van der Waals surface area contributed by atoms with Crippen LogP contribution in [0.5, 0.6) is 0 Å². The maximum absolute atomic E-state index is 12.5. The van der Waals surface area contributed by atoms with Crippen molar-refractivity contribution in [1.82, 2.24) is 25.2 Å². The third kappa shape index (κ3) is 2.38. The number of rotatable bonds is 3. The van der Waals surface area contributed by atoms with Crippen molar-refractivity contribution in [1.29, 1.82) is 0 Å². The maximum atomic E-state index is 12.5. The van der Waals surface area contributed by atoms with Crippen molar-refractivity contribution in [3.63, 3.8) is 0 Å². The summed E-state index contributed by atoms with van der Waals surface area (Å²) >= 11 is 0. The van der Waals surface area contributed by atoms with Crippen LogP contribution in [0.3, 0.4) is 0 Å². The predicted molar refractivity (Wildman–Crippen MR) is 76.5 cm³/mol. The molecule has 1 fully saturated rings. The van der Waals surface area contributed by atoms with E-state index in [-0.39, 0.29) is 5.91 Å². The van der Waals surface area contributed by atoms with Gasteiger partial charge in [-0.3, -0.25) is 4.79 Å². The third-order valence-electron chi connectivity index (χ3n) is 4.07. The van der Waals surface area contributed by atoms with Gasteiger partial charge < -0.3 is 9.80 Å². The molecule has 6 heteroatoms. The number of H-pyrrole nitrogens is 1. The van der Waals surface area contributed by atoms with Gasteiger partial charge in [-0.25, -0.2) is 0 Å². The minimum absolute atomic E-state index is 0.0372. The quantitative estimate of drug-likeness (QED) is 0.910. The summed E-state index contributed by atoms with van der Waals surface area (Å²) < 4.78 is 0. The van der Waals surface area contributed by atoms with Crippen molar-refractivity contribution < 1.29 is 4.79 Å². The van der Waals surface area contributed by atoms with Crippen LogP contribution in [0.1, 0.15) is 23.2 Å². The summed E-state index contributed by atoms with van der Waals surface area (Å²) in [4.78, 5) is 16.6. The van der Waals surface area contributed by atoms with Gasteiger partial charge in [0.1, 0.15) is 11.0 Å². The second-order valence-corrected chi connectivity index (χ2v) is 5.49. The first-order valence-electron chi connectivity index (χ1n) is 6.91. The third-order valence-corrected chi connectivity index (χ3v) is 4.07. The molecule has 2 aromatic rings. The number of hydrogen-bond acceptors (Lipinski definition) is 4. The van der Waals surface area contributed by atoms with E-state index in [1.807, 2.05) is 19.2 Å². The molecule has 0 bridgehead atoms. The van der Waals surface area contributed by atoms with Crippen molar-refractivity contribution >= 4 is 16.9 Å². The number of carbonyl (C=O) groups is 1. The Balaban J connectivity index is 1.73. The monoisotopic (exact) mass is 273 g/mol. The summed E-state index contributed by atoms with van der Waals surface area (Å²) in [6, 6.07) is 5.89. The van der Waals surface area contributed by atoms with Gasteiger partial charge >= 0.3 is 0 Å². The molecular formula is C14H19N5O. The van der Waals surface area contributed by atoms with Crippen molar-refractivity contribution in [2.24, 2.45) is 0 Å². The number of nitrogens with zero attached hydrogens (tertiary/aromatic N) is 4. The lowest BCUT2D eigenvalue weighted by atomic mass is 10.1. The van der Waals surface area contributed by atoms with Gasteiger partial charge in [0.2, 0.25) is 0 Å². The van der Waals surface area contributed by atoms with Crippen LogP contribution < -0.4 is 0 Å². The van der Waals surface area contributed by atoms with Crippen LogP contribution in [0.4, 0.5) is 0 Å². The lowest BCUT2D eigenvalue weighted by Crippen LogP contribution is -2.39. The Labute approximate surface area is 117 Å². The Kier molecular flexibility index (Phi) is 3.40. The zero-order chi connectivity index (χ0) is 14.1. The summed E-state index contributed by atoms with van der Waals surface area (Å²) in [7, 11) is 3.99. The van der Waals surface area contributed by atoms with Crippen LogP contribution >= 0.6 is 0 Å². The average molecular weight is 273 g/mol. The number of hydrogen-bond donors (Lipinski definition) is 1. The molecule has 1 atom stereocenters. The number of nitrogens with one attached hydrogen (secondary N) is 1. The zero-order valence-corrected chi connectivity index (χ0v) is 11.8. The standard InChI is InChI=1S/C14H19N5O/c1-18-7-3-4-11(18)9-19(2)14(20)10-5-6-12-13(8-10)16-17-15-12/h5-6,8,11H,3-4,7,9H2,1-2H3,(H,15,16,17). The van der Waals surface area contributed by atoms with Gasteiger partial charge in [-0.15, -0.1) is 0 Å². The van der Waals surface area contributed by atoms with Gasteiger partial charge in [0.25, 0.3) is 5.91 Å². The molecule has 3 rings (SSSR count). The first-order valence-corrected chi connectivity index (χ1v) is 6.91. The van der Waals surface area contributed by atoms with Gasteiger partial charge in [0, 0.05) is 25.2 Å². The SMILES string of the molecule is CN(CC1CCCN1C)C(=O)c1ccc2n[nH]nc2c1. The zero-order valence-electron chi connectivity index (χ0n) is 11.8. The number of aromatic amines is 1. The van der Waals surface area contributed by atoms with Gasteiger partial charge in [0.05, 0.1) is 0 Å². The topological polar surface area (TPSA) is 65.1 Å². The minimum Gasteiger partial charge on any atom is -0.340 e. The molecule has 1 aromatic heterocycles. The number of amides is 1.